The molecule has 1 unspecified atom stereocenters. The van der Waals surface area contributed by atoms with Gasteiger partial charge in [0.2, 0.25) is 0 Å². The Hall–Kier alpha value is -4.05. The Labute approximate surface area is 222 Å². The SMILES string of the molecule is CN=C/C(=C\C=C\c1ccc(N2CCC(Cc3nc(C)c(O)c(C(=O)NCC(=O)O)n3)CC2)cc1)C(C)O. The maximum Gasteiger partial charge on any atom is 0.322 e. The van der Waals surface area contributed by atoms with Crippen LogP contribution in [0.25, 0.3) is 6.08 Å². The fraction of sp³-hybridized carbons (Fsp3) is 0.393. The van der Waals surface area contributed by atoms with Crippen molar-refractivity contribution < 1.29 is 24.9 Å². The largest absolute Gasteiger partial charge is 0.504 e. The number of hydrogen-bond donors (Lipinski definition) is 4. The standard InChI is InChI=1S/C28H35N5O5/c1-18-27(37)26(28(38)30-17-25(35)36)32-24(31-18)15-21-11-13-33(14-12-21)23-9-7-20(8-10-23)5-4-6-22(16-29-3)19(2)34/h4-10,16,19,21,34,37H,11-15,17H2,1-3H3,(H,30,38)(H,35,36)/b5-4+,22-6+,29-16?. The first kappa shape index (κ1) is 28.5. The fourth-order valence-electron chi connectivity index (χ4n) is 4.27. The van der Waals surface area contributed by atoms with Crippen LogP contribution in [0, 0.1) is 12.8 Å². The average molecular weight is 522 g/mol. The third-order valence-corrected chi connectivity index (χ3v) is 6.40. The zero-order valence-corrected chi connectivity index (χ0v) is 22.0. The monoisotopic (exact) mass is 521 g/mol. The van der Waals surface area contributed by atoms with Gasteiger partial charge in [-0.2, -0.15) is 0 Å². The molecule has 1 aliphatic rings. The number of aromatic nitrogens is 2. The van der Waals surface area contributed by atoms with Crippen LogP contribution >= 0.6 is 0 Å². The zero-order valence-electron chi connectivity index (χ0n) is 22.0. The van der Waals surface area contributed by atoms with Gasteiger partial charge in [0.05, 0.1) is 11.8 Å². The number of carboxylic acids is 1. The molecule has 1 aliphatic heterocycles. The number of aryl methyl sites for hydroxylation is 1. The van der Waals surface area contributed by atoms with Crippen LogP contribution in [0.2, 0.25) is 0 Å². The topological polar surface area (TPSA) is 148 Å². The summed E-state index contributed by atoms with van der Waals surface area (Å²) in [5, 5.41) is 31.0. The van der Waals surface area contributed by atoms with E-state index in [4.69, 9.17) is 5.11 Å². The summed E-state index contributed by atoms with van der Waals surface area (Å²) in [5.74, 6) is -1.46. The highest BCUT2D eigenvalue weighted by Gasteiger charge is 2.23. The van der Waals surface area contributed by atoms with Gasteiger partial charge in [-0.05, 0) is 55.9 Å². The van der Waals surface area contributed by atoms with Crippen LogP contribution in [0.1, 0.15) is 47.3 Å². The number of allylic oxidation sites excluding steroid dienone is 2. The molecule has 0 saturated carbocycles. The highest BCUT2D eigenvalue weighted by atomic mass is 16.4. The molecule has 1 aromatic carbocycles. The molecule has 202 valence electrons. The lowest BCUT2D eigenvalue weighted by Gasteiger charge is -2.33. The first-order valence-electron chi connectivity index (χ1n) is 12.6. The number of amides is 1. The van der Waals surface area contributed by atoms with Crippen molar-refractivity contribution in [2.75, 3.05) is 31.6 Å². The van der Waals surface area contributed by atoms with E-state index in [1.54, 1.807) is 27.1 Å². The number of nitrogens with zero attached hydrogens (tertiary/aromatic N) is 4. The number of nitrogens with one attached hydrogen (secondary N) is 1. The Morgan fingerprint density at radius 2 is 1.89 bits per heavy atom. The van der Waals surface area contributed by atoms with Crippen LogP contribution in [-0.4, -0.2) is 76.2 Å². The number of carbonyl (C=O) groups excluding carboxylic acids is 1. The number of aromatic hydroxyl groups is 1. The zero-order chi connectivity index (χ0) is 27.7. The molecule has 1 atom stereocenters. The lowest BCUT2D eigenvalue weighted by molar-refractivity contribution is -0.135. The van der Waals surface area contributed by atoms with Crippen molar-refractivity contribution in [3.63, 3.8) is 0 Å². The molecule has 0 radical (unpaired) electrons. The highest BCUT2D eigenvalue weighted by molar-refractivity contribution is 5.96. The van der Waals surface area contributed by atoms with Crippen molar-refractivity contribution in [1.29, 1.82) is 0 Å². The van der Waals surface area contributed by atoms with E-state index in [9.17, 15) is 19.8 Å². The lowest BCUT2D eigenvalue weighted by atomic mass is 9.92. The Morgan fingerprint density at radius 1 is 1.21 bits per heavy atom. The molecule has 1 fully saturated rings. The minimum absolute atomic E-state index is 0.198. The van der Waals surface area contributed by atoms with E-state index in [1.807, 2.05) is 18.2 Å². The Balaban J connectivity index is 1.57. The number of hydrogen-bond acceptors (Lipinski definition) is 8. The first-order chi connectivity index (χ1) is 18.2. The average Bonchev–Trinajstić information content (AvgIpc) is 2.89. The molecule has 4 N–H and O–H groups in total. The van der Waals surface area contributed by atoms with Crippen LogP contribution in [0.3, 0.4) is 0 Å². The number of aliphatic hydroxyl groups is 1. The summed E-state index contributed by atoms with van der Waals surface area (Å²) in [5.41, 5.74) is 3.04. The highest BCUT2D eigenvalue weighted by Crippen LogP contribution is 2.27. The van der Waals surface area contributed by atoms with Crippen molar-refractivity contribution in [2.24, 2.45) is 10.9 Å². The van der Waals surface area contributed by atoms with E-state index in [1.165, 1.54) is 0 Å². The third-order valence-electron chi connectivity index (χ3n) is 6.40. The number of piperidine rings is 1. The number of aliphatic carboxylic acids is 1. The second-order valence-corrected chi connectivity index (χ2v) is 9.31. The van der Waals surface area contributed by atoms with Gasteiger partial charge in [-0.1, -0.05) is 30.4 Å². The van der Waals surface area contributed by atoms with Gasteiger partial charge in [0, 0.05) is 38.5 Å². The van der Waals surface area contributed by atoms with Gasteiger partial charge in [-0.15, -0.1) is 0 Å². The molecule has 3 rings (SSSR count). The number of anilines is 1. The second-order valence-electron chi connectivity index (χ2n) is 9.31. The molecule has 1 saturated heterocycles. The molecule has 38 heavy (non-hydrogen) atoms. The van der Waals surface area contributed by atoms with Gasteiger partial charge in [-0.3, -0.25) is 14.6 Å². The molecule has 0 spiro atoms. The third kappa shape index (κ3) is 7.97. The Kier molecular flexibility index (Phi) is 10.1. The molecule has 2 aromatic rings. The fourth-order valence-corrected chi connectivity index (χ4v) is 4.27. The number of aliphatic imine (C=N–C) groups is 1. The number of benzene rings is 1. The molecule has 1 amide bonds. The Morgan fingerprint density at radius 3 is 2.50 bits per heavy atom. The van der Waals surface area contributed by atoms with E-state index in [2.05, 4.69) is 49.4 Å². The number of carbonyl (C=O) groups is 2. The van der Waals surface area contributed by atoms with Crippen LogP contribution in [0.15, 0.2) is 47.0 Å². The summed E-state index contributed by atoms with van der Waals surface area (Å²) in [6.45, 7) is 4.50. The van der Waals surface area contributed by atoms with Gasteiger partial charge >= 0.3 is 5.97 Å². The van der Waals surface area contributed by atoms with Crippen molar-refractivity contribution in [2.45, 2.75) is 39.2 Å². The van der Waals surface area contributed by atoms with E-state index in [-0.39, 0.29) is 17.1 Å². The molecular formula is C28H35N5O5. The molecule has 0 bridgehead atoms. The molecule has 10 heteroatoms. The number of carboxylic acid groups (broad SMARTS) is 1. The van der Waals surface area contributed by atoms with E-state index in [0.29, 0.717) is 18.2 Å². The Bertz CT molecular complexity index is 1210. The predicted octanol–water partition coefficient (Wildman–Crippen LogP) is 2.79. The number of aliphatic hydroxyl groups excluding tert-OH is 1. The van der Waals surface area contributed by atoms with Gasteiger partial charge in [0.15, 0.2) is 11.4 Å². The van der Waals surface area contributed by atoms with Crippen molar-refractivity contribution in [3.05, 3.63) is 64.8 Å². The van der Waals surface area contributed by atoms with Gasteiger partial charge in [-0.25, -0.2) is 9.97 Å². The molecule has 0 aliphatic carbocycles. The minimum Gasteiger partial charge on any atom is -0.504 e. The summed E-state index contributed by atoms with van der Waals surface area (Å²) in [6.07, 6.45) is 9.23. The maximum atomic E-state index is 12.3. The summed E-state index contributed by atoms with van der Waals surface area (Å²) in [4.78, 5) is 37.9. The maximum absolute atomic E-state index is 12.3. The van der Waals surface area contributed by atoms with Crippen LogP contribution in [0.4, 0.5) is 5.69 Å². The van der Waals surface area contributed by atoms with Crippen LogP contribution in [-0.2, 0) is 11.2 Å². The quantitative estimate of drug-likeness (QED) is 0.276. The van der Waals surface area contributed by atoms with Gasteiger partial charge in [0.25, 0.3) is 5.91 Å². The second kappa shape index (κ2) is 13.5. The van der Waals surface area contributed by atoms with Crippen molar-refractivity contribution in [1.82, 2.24) is 15.3 Å². The molecular weight excluding hydrogens is 486 g/mol. The van der Waals surface area contributed by atoms with E-state index < -0.39 is 24.5 Å². The molecule has 10 nitrogen and oxygen atoms in total. The van der Waals surface area contributed by atoms with Gasteiger partial charge in [0.1, 0.15) is 12.4 Å². The number of rotatable bonds is 10. The van der Waals surface area contributed by atoms with Gasteiger partial charge < -0.3 is 25.5 Å². The smallest absolute Gasteiger partial charge is 0.322 e. The summed E-state index contributed by atoms with van der Waals surface area (Å²) in [7, 11) is 1.67. The minimum atomic E-state index is -1.18. The molecule has 1 aromatic heterocycles. The molecule has 2 heterocycles. The van der Waals surface area contributed by atoms with Crippen molar-refractivity contribution in [3.8, 4) is 5.75 Å². The summed E-state index contributed by atoms with van der Waals surface area (Å²) < 4.78 is 0. The normalized spacial score (nSPS) is 15.8. The van der Waals surface area contributed by atoms with Crippen LogP contribution < -0.4 is 10.2 Å². The van der Waals surface area contributed by atoms with Crippen LogP contribution in [0.5, 0.6) is 5.75 Å². The van der Waals surface area contributed by atoms with E-state index >= 15 is 0 Å². The lowest BCUT2D eigenvalue weighted by Crippen LogP contribution is -2.34. The summed E-state index contributed by atoms with van der Waals surface area (Å²) >= 11 is 0. The summed E-state index contributed by atoms with van der Waals surface area (Å²) in [6, 6.07) is 8.32. The first-order valence-corrected chi connectivity index (χ1v) is 12.6. The predicted molar refractivity (Wildman–Crippen MR) is 147 cm³/mol. The van der Waals surface area contributed by atoms with Crippen molar-refractivity contribution >= 4 is 29.9 Å². The van der Waals surface area contributed by atoms with E-state index in [0.717, 1.165) is 42.8 Å².